The Morgan fingerprint density at radius 2 is 1.14 bits per heavy atom. The molecule has 0 aliphatic heterocycles. The van der Waals surface area contributed by atoms with Gasteiger partial charge in [0.25, 0.3) is 0 Å². The summed E-state index contributed by atoms with van der Waals surface area (Å²) in [6.45, 7) is 8.78. The van der Waals surface area contributed by atoms with Gasteiger partial charge in [0.2, 0.25) is 0 Å². The summed E-state index contributed by atoms with van der Waals surface area (Å²) in [5.74, 6) is 0. The van der Waals surface area contributed by atoms with Crippen LogP contribution in [0.5, 0.6) is 0 Å². The molecule has 2 nitrogen and oxygen atoms in total. The Bertz CT molecular complexity index is 2590. The predicted molar refractivity (Wildman–Crippen MR) is 209 cm³/mol. The average Bonchev–Trinajstić information content (AvgIpc) is 3.48. The highest BCUT2D eigenvalue weighted by molar-refractivity contribution is 6.22. The van der Waals surface area contributed by atoms with Gasteiger partial charge in [-0.3, -0.25) is 4.98 Å². The van der Waals surface area contributed by atoms with E-state index in [1.54, 1.807) is 0 Å². The molecule has 1 aliphatic carbocycles. The number of aryl methyl sites for hydroxylation is 5. The van der Waals surface area contributed by atoms with Crippen molar-refractivity contribution in [2.45, 2.75) is 40.5 Å². The number of benzene rings is 6. The van der Waals surface area contributed by atoms with Gasteiger partial charge in [-0.25, -0.2) is 0 Å². The van der Waals surface area contributed by atoms with Gasteiger partial charge < -0.3 is 4.98 Å². The quantitative estimate of drug-likeness (QED) is 0.193. The summed E-state index contributed by atoms with van der Waals surface area (Å²) in [7, 11) is 0. The maximum atomic E-state index is 5.09. The third-order valence-electron chi connectivity index (χ3n) is 10.2. The fourth-order valence-corrected chi connectivity index (χ4v) is 8.30. The highest BCUT2D eigenvalue weighted by atomic mass is 14.7. The van der Waals surface area contributed by atoms with Crippen molar-refractivity contribution in [1.82, 2.24) is 9.97 Å². The van der Waals surface area contributed by atoms with E-state index < -0.39 is 0 Å². The summed E-state index contributed by atoms with van der Waals surface area (Å²) in [5, 5.41) is 6.37. The molecule has 0 radical (unpaired) electrons. The lowest BCUT2D eigenvalue weighted by Crippen LogP contribution is -1.94. The largest absolute Gasteiger partial charge is 0.354 e. The SMILES string of the molecule is Cc1cc(C)cc(-c2c3ccccc3c(-c3cc(C)cc(C)c3)c3cc(-c4ccc(-c5cccc6c7c([nH]c56)C=CCC7)cn4)ccc23)c1. The zero-order valence-corrected chi connectivity index (χ0v) is 28.5. The Morgan fingerprint density at radius 3 is 1.80 bits per heavy atom. The first-order valence-electron chi connectivity index (χ1n) is 17.3. The van der Waals surface area contributed by atoms with E-state index in [0.29, 0.717) is 0 Å². The molecule has 1 aliphatic rings. The number of hydrogen-bond donors (Lipinski definition) is 1. The number of rotatable bonds is 4. The Labute approximate surface area is 287 Å². The molecule has 6 aromatic carbocycles. The second-order valence-electron chi connectivity index (χ2n) is 13.9. The van der Waals surface area contributed by atoms with E-state index in [2.05, 4.69) is 154 Å². The number of allylic oxidation sites excluding steroid dienone is 1. The molecule has 9 rings (SSSR count). The van der Waals surface area contributed by atoms with E-state index in [9.17, 15) is 0 Å². The number of pyridine rings is 1. The van der Waals surface area contributed by atoms with Crippen LogP contribution in [0.1, 0.15) is 39.9 Å². The number of nitrogens with one attached hydrogen (secondary N) is 1. The van der Waals surface area contributed by atoms with Gasteiger partial charge in [-0.05, 0) is 108 Å². The molecule has 0 saturated heterocycles. The van der Waals surface area contributed by atoms with Crippen molar-refractivity contribution in [3.8, 4) is 44.6 Å². The first-order chi connectivity index (χ1) is 23.9. The number of nitrogens with zero attached hydrogens (tertiary/aromatic N) is 1. The summed E-state index contributed by atoms with van der Waals surface area (Å²) in [6, 6.07) is 40.7. The molecule has 0 spiro atoms. The minimum Gasteiger partial charge on any atom is -0.354 e. The predicted octanol–water partition coefficient (Wildman–Crippen LogP) is 12.7. The van der Waals surface area contributed by atoms with Gasteiger partial charge in [-0.15, -0.1) is 0 Å². The van der Waals surface area contributed by atoms with Crippen molar-refractivity contribution in [3.05, 3.63) is 155 Å². The molecule has 8 aromatic rings. The number of H-pyrrole nitrogens is 1. The zero-order chi connectivity index (χ0) is 33.2. The van der Waals surface area contributed by atoms with Gasteiger partial charge in [0.05, 0.1) is 11.2 Å². The standard InChI is InChI=1S/C47H38N2/c1-28-20-29(2)23-34(22-28)45-38-11-5-6-12-39(38)46(35-24-30(3)21-31(4)25-35)42-26-32(16-18-40(42)45)43-19-17-33(27-48-43)36-13-9-14-41-37-10-7-8-15-44(37)49-47(36)41/h5-6,8-9,11-27,49H,7,10H2,1-4H3. The van der Waals surface area contributed by atoms with Gasteiger partial charge >= 0.3 is 0 Å². The van der Waals surface area contributed by atoms with E-state index in [0.717, 1.165) is 29.7 Å². The normalized spacial score (nSPS) is 12.7. The van der Waals surface area contributed by atoms with Crippen molar-refractivity contribution in [3.63, 3.8) is 0 Å². The topological polar surface area (TPSA) is 28.7 Å². The van der Waals surface area contributed by atoms with Gasteiger partial charge in [-0.2, -0.15) is 0 Å². The van der Waals surface area contributed by atoms with Gasteiger partial charge in [0.1, 0.15) is 0 Å². The third kappa shape index (κ3) is 4.98. The van der Waals surface area contributed by atoms with E-state index in [4.69, 9.17) is 4.98 Å². The summed E-state index contributed by atoms with van der Waals surface area (Å²) in [5.41, 5.74) is 18.4. The fourth-order valence-electron chi connectivity index (χ4n) is 8.30. The second kappa shape index (κ2) is 11.5. The van der Waals surface area contributed by atoms with Crippen LogP contribution in [0.2, 0.25) is 0 Å². The van der Waals surface area contributed by atoms with Crippen LogP contribution < -0.4 is 0 Å². The van der Waals surface area contributed by atoms with Crippen LogP contribution in [0.4, 0.5) is 0 Å². The lowest BCUT2D eigenvalue weighted by atomic mass is 9.84. The van der Waals surface area contributed by atoms with Crippen LogP contribution in [-0.2, 0) is 6.42 Å². The van der Waals surface area contributed by atoms with Crippen molar-refractivity contribution in [2.24, 2.45) is 0 Å². The molecular weight excluding hydrogens is 593 g/mol. The van der Waals surface area contributed by atoms with E-state index in [-0.39, 0.29) is 0 Å². The molecule has 0 amide bonds. The van der Waals surface area contributed by atoms with E-state index >= 15 is 0 Å². The van der Waals surface area contributed by atoms with E-state index in [1.165, 1.54) is 93.8 Å². The zero-order valence-electron chi connectivity index (χ0n) is 28.5. The lowest BCUT2D eigenvalue weighted by Gasteiger charge is -2.20. The van der Waals surface area contributed by atoms with Crippen LogP contribution >= 0.6 is 0 Å². The number of aromatic nitrogens is 2. The molecule has 0 fully saturated rings. The molecule has 2 aromatic heterocycles. The van der Waals surface area contributed by atoms with Gasteiger partial charge in [-0.1, -0.05) is 125 Å². The Hall–Kier alpha value is -5.73. The summed E-state index contributed by atoms with van der Waals surface area (Å²) >= 11 is 0. The Kier molecular flexibility index (Phi) is 6.88. The Balaban J connectivity index is 1.25. The van der Waals surface area contributed by atoms with Crippen molar-refractivity contribution < 1.29 is 0 Å². The van der Waals surface area contributed by atoms with Crippen LogP contribution in [-0.4, -0.2) is 9.97 Å². The molecule has 0 saturated carbocycles. The molecule has 49 heavy (non-hydrogen) atoms. The summed E-state index contributed by atoms with van der Waals surface area (Å²) in [6.07, 6.45) is 8.70. The lowest BCUT2D eigenvalue weighted by molar-refractivity contribution is 0.992. The second-order valence-corrected chi connectivity index (χ2v) is 13.9. The Morgan fingerprint density at radius 1 is 0.531 bits per heavy atom. The molecule has 1 N–H and O–H groups in total. The van der Waals surface area contributed by atoms with E-state index in [1.807, 2.05) is 6.20 Å². The number of aromatic amines is 1. The van der Waals surface area contributed by atoms with Crippen LogP contribution in [0.25, 0.3) is 83.2 Å². The molecule has 2 heterocycles. The monoisotopic (exact) mass is 630 g/mol. The summed E-state index contributed by atoms with van der Waals surface area (Å²) < 4.78 is 0. The van der Waals surface area contributed by atoms with Gasteiger partial charge in [0.15, 0.2) is 0 Å². The number of fused-ring (bicyclic) bond motifs is 5. The minimum atomic E-state index is 0.971. The van der Waals surface area contributed by atoms with Crippen molar-refractivity contribution >= 4 is 38.5 Å². The maximum absolute atomic E-state index is 5.09. The highest BCUT2D eigenvalue weighted by Gasteiger charge is 2.19. The average molecular weight is 631 g/mol. The smallest absolute Gasteiger partial charge is 0.0702 e. The molecule has 0 bridgehead atoms. The first kappa shape index (κ1) is 29.4. The minimum absolute atomic E-state index is 0.971. The molecule has 0 atom stereocenters. The van der Waals surface area contributed by atoms with Gasteiger partial charge in [0, 0.05) is 34.0 Å². The fraction of sp³-hybridized carbons (Fsp3) is 0.128. The molecule has 2 heteroatoms. The molecular formula is C47H38N2. The molecule has 0 unspecified atom stereocenters. The first-order valence-corrected chi connectivity index (χ1v) is 17.3. The maximum Gasteiger partial charge on any atom is 0.0702 e. The van der Waals surface area contributed by atoms with Crippen molar-refractivity contribution in [1.29, 1.82) is 0 Å². The van der Waals surface area contributed by atoms with Crippen LogP contribution in [0.3, 0.4) is 0 Å². The number of hydrogen-bond acceptors (Lipinski definition) is 1. The highest BCUT2D eigenvalue weighted by Crippen LogP contribution is 2.45. The third-order valence-corrected chi connectivity index (χ3v) is 10.2. The number of para-hydroxylation sites is 1. The van der Waals surface area contributed by atoms with Crippen LogP contribution in [0.15, 0.2) is 121 Å². The summed E-state index contributed by atoms with van der Waals surface area (Å²) in [4.78, 5) is 8.79. The van der Waals surface area contributed by atoms with Crippen molar-refractivity contribution in [2.75, 3.05) is 0 Å². The van der Waals surface area contributed by atoms with Crippen LogP contribution in [0, 0.1) is 27.7 Å². The molecule has 236 valence electrons.